The second-order valence-electron chi connectivity index (χ2n) is 6.11. The lowest BCUT2D eigenvalue weighted by atomic mass is 9.99. The Hall–Kier alpha value is -2.71. The van der Waals surface area contributed by atoms with Crippen molar-refractivity contribution in [2.45, 2.75) is 52.3 Å². The van der Waals surface area contributed by atoms with Crippen molar-refractivity contribution < 1.29 is 22.4 Å². The molecule has 6 nitrogen and oxygen atoms in total. The molecule has 0 radical (unpaired) electrons. The normalized spacial score (nSPS) is 11.9. The molecule has 28 heavy (non-hydrogen) atoms. The highest BCUT2D eigenvalue weighted by molar-refractivity contribution is 5.79. The van der Waals surface area contributed by atoms with E-state index >= 15 is 0 Å². The fourth-order valence-electron chi connectivity index (χ4n) is 2.79. The molecule has 0 spiro atoms. The van der Waals surface area contributed by atoms with E-state index in [9.17, 15) is 13.2 Å². The molecule has 0 aliphatic rings. The second-order valence-corrected chi connectivity index (χ2v) is 6.11. The van der Waals surface area contributed by atoms with Crippen LogP contribution in [0.3, 0.4) is 0 Å². The Morgan fingerprint density at radius 1 is 1.21 bits per heavy atom. The summed E-state index contributed by atoms with van der Waals surface area (Å²) in [6.45, 7) is 1.41. The van der Waals surface area contributed by atoms with E-state index in [1.54, 1.807) is 7.05 Å². The highest BCUT2D eigenvalue weighted by Crippen LogP contribution is 2.24. The van der Waals surface area contributed by atoms with Gasteiger partial charge in [0, 0.05) is 31.1 Å². The van der Waals surface area contributed by atoms with Crippen molar-refractivity contribution in [3.63, 3.8) is 0 Å². The summed E-state index contributed by atoms with van der Waals surface area (Å²) < 4.78 is 48.7. The summed E-state index contributed by atoms with van der Waals surface area (Å²) >= 11 is 0. The third kappa shape index (κ3) is 5.90. The molecule has 2 aromatic rings. The van der Waals surface area contributed by atoms with Crippen molar-refractivity contribution in [3.8, 4) is 5.75 Å². The molecule has 0 aliphatic heterocycles. The zero-order chi connectivity index (χ0) is 20.5. The smallest absolute Gasteiger partial charge is 0.387 e. The number of hydrogen-bond donors (Lipinski definition) is 2. The summed E-state index contributed by atoms with van der Waals surface area (Å²) in [5.41, 5.74) is 0.895. The summed E-state index contributed by atoms with van der Waals surface area (Å²) in [4.78, 5) is 4.03. The number of nitrogens with zero attached hydrogens (tertiary/aromatic N) is 2. The number of ether oxygens (including phenoxy) is 1. The van der Waals surface area contributed by atoms with Crippen LogP contribution in [0.5, 0.6) is 5.75 Å². The minimum atomic E-state index is -3.03. The first-order chi connectivity index (χ1) is 13.5. The highest BCUT2D eigenvalue weighted by atomic mass is 19.3. The van der Waals surface area contributed by atoms with Gasteiger partial charge in [0.25, 0.3) is 0 Å². The van der Waals surface area contributed by atoms with Crippen LogP contribution in [0.4, 0.5) is 13.2 Å². The average molecular weight is 398 g/mol. The van der Waals surface area contributed by atoms with Crippen molar-refractivity contribution in [3.05, 3.63) is 47.1 Å². The standard InChI is InChI=1S/C19H25F3N4O2/c1-4-12(5-2)16-9-13(28-26-16)10-24-19(23-3)25-11-14-15(20)7-6-8-17(14)27-18(21)22/h6-9,12,18H,4-5,10-11H2,1-3H3,(H2,23,24,25). The number of aliphatic imine (C=N–C) groups is 1. The Kier molecular flexibility index (Phi) is 8.16. The first-order valence-corrected chi connectivity index (χ1v) is 9.10. The van der Waals surface area contributed by atoms with E-state index in [0.717, 1.165) is 18.5 Å². The minimum Gasteiger partial charge on any atom is -0.434 e. The SMILES string of the molecule is CCC(CC)c1cc(CNC(=NC)NCc2c(F)cccc2OC(F)F)on1. The molecule has 2 rings (SSSR count). The Balaban J connectivity index is 1.96. The van der Waals surface area contributed by atoms with Crippen LogP contribution < -0.4 is 15.4 Å². The Labute approximate surface area is 162 Å². The maximum Gasteiger partial charge on any atom is 0.387 e. The van der Waals surface area contributed by atoms with E-state index in [4.69, 9.17) is 4.52 Å². The number of rotatable bonds is 9. The second kappa shape index (κ2) is 10.6. The lowest BCUT2D eigenvalue weighted by molar-refractivity contribution is -0.0506. The van der Waals surface area contributed by atoms with Gasteiger partial charge in [0.15, 0.2) is 11.7 Å². The van der Waals surface area contributed by atoms with E-state index in [2.05, 4.69) is 39.4 Å². The first kappa shape index (κ1) is 21.6. The molecule has 0 saturated carbocycles. The maximum absolute atomic E-state index is 14.0. The lowest BCUT2D eigenvalue weighted by Crippen LogP contribution is -2.36. The number of benzene rings is 1. The monoisotopic (exact) mass is 398 g/mol. The van der Waals surface area contributed by atoms with Gasteiger partial charge in [-0.2, -0.15) is 8.78 Å². The highest BCUT2D eigenvalue weighted by Gasteiger charge is 2.15. The van der Waals surface area contributed by atoms with Crippen LogP contribution in [-0.4, -0.2) is 24.8 Å². The maximum atomic E-state index is 14.0. The van der Waals surface area contributed by atoms with Gasteiger partial charge in [-0.25, -0.2) is 4.39 Å². The molecule has 0 aliphatic carbocycles. The van der Waals surface area contributed by atoms with Gasteiger partial charge < -0.3 is 19.9 Å². The summed E-state index contributed by atoms with van der Waals surface area (Å²) in [6.07, 6.45) is 1.95. The van der Waals surface area contributed by atoms with Crippen LogP contribution in [0.1, 0.15) is 49.6 Å². The molecule has 0 atom stereocenters. The summed E-state index contributed by atoms with van der Waals surface area (Å²) in [5.74, 6) is 0.475. The molecule has 1 aromatic heterocycles. The summed E-state index contributed by atoms with van der Waals surface area (Å²) in [6, 6.07) is 5.67. The Morgan fingerprint density at radius 2 is 1.93 bits per heavy atom. The third-order valence-electron chi connectivity index (χ3n) is 4.36. The predicted molar refractivity (Wildman–Crippen MR) is 99.9 cm³/mol. The van der Waals surface area contributed by atoms with Gasteiger partial charge in [0.05, 0.1) is 12.2 Å². The number of nitrogens with one attached hydrogen (secondary N) is 2. The Morgan fingerprint density at radius 3 is 2.57 bits per heavy atom. The quantitative estimate of drug-likeness (QED) is 0.490. The van der Waals surface area contributed by atoms with Crippen molar-refractivity contribution in [2.75, 3.05) is 7.05 Å². The zero-order valence-electron chi connectivity index (χ0n) is 16.1. The number of guanidine groups is 1. The van der Waals surface area contributed by atoms with Crippen molar-refractivity contribution >= 4 is 5.96 Å². The Bertz CT molecular complexity index is 776. The van der Waals surface area contributed by atoms with Gasteiger partial charge in [-0.1, -0.05) is 25.1 Å². The number of alkyl halides is 2. The van der Waals surface area contributed by atoms with Crippen LogP contribution >= 0.6 is 0 Å². The van der Waals surface area contributed by atoms with E-state index < -0.39 is 12.4 Å². The van der Waals surface area contributed by atoms with Crippen LogP contribution in [0.15, 0.2) is 33.8 Å². The van der Waals surface area contributed by atoms with Crippen LogP contribution in [0.2, 0.25) is 0 Å². The summed E-state index contributed by atoms with van der Waals surface area (Å²) in [5, 5.41) is 9.99. The molecular weight excluding hydrogens is 373 g/mol. The van der Waals surface area contributed by atoms with Crippen molar-refractivity contribution in [1.82, 2.24) is 15.8 Å². The molecular formula is C19H25F3N4O2. The number of hydrogen-bond acceptors (Lipinski definition) is 4. The fourth-order valence-corrected chi connectivity index (χ4v) is 2.79. The predicted octanol–water partition coefficient (Wildman–Crippen LogP) is 4.18. The van der Waals surface area contributed by atoms with Gasteiger partial charge in [0.2, 0.25) is 0 Å². The van der Waals surface area contributed by atoms with Crippen LogP contribution in [-0.2, 0) is 13.1 Å². The van der Waals surface area contributed by atoms with E-state index in [1.807, 2.05) is 6.07 Å². The zero-order valence-corrected chi connectivity index (χ0v) is 16.1. The molecule has 0 fully saturated rings. The molecule has 0 unspecified atom stereocenters. The summed E-state index contributed by atoms with van der Waals surface area (Å²) in [7, 11) is 1.54. The van der Waals surface area contributed by atoms with E-state index in [-0.39, 0.29) is 17.9 Å². The largest absolute Gasteiger partial charge is 0.434 e. The molecule has 0 saturated heterocycles. The van der Waals surface area contributed by atoms with Crippen LogP contribution in [0, 0.1) is 5.82 Å². The molecule has 1 heterocycles. The van der Waals surface area contributed by atoms with Crippen LogP contribution in [0.25, 0.3) is 0 Å². The topological polar surface area (TPSA) is 71.7 Å². The number of halogens is 3. The molecule has 2 N–H and O–H groups in total. The van der Waals surface area contributed by atoms with Gasteiger partial charge in [-0.15, -0.1) is 0 Å². The van der Waals surface area contributed by atoms with Gasteiger partial charge >= 0.3 is 6.61 Å². The first-order valence-electron chi connectivity index (χ1n) is 9.10. The van der Waals surface area contributed by atoms with Crippen molar-refractivity contribution in [2.24, 2.45) is 4.99 Å². The molecule has 9 heteroatoms. The van der Waals surface area contributed by atoms with Gasteiger partial charge in [0.1, 0.15) is 11.6 Å². The fraction of sp³-hybridized carbons (Fsp3) is 0.474. The van der Waals surface area contributed by atoms with Crippen molar-refractivity contribution in [1.29, 1.82) is 0 Å². The molecule has 154 valence electrons. The van der Waals surface area contributed by atoms with E-state index in [0.29, 0.717) is 24.2 Å². The minimum absolute atomic E-state index is 0.0126. The van der Waals surface area contributed by atoms with E-state index in [1.165, 1.54) is 18.2 Å². The average Bonchev–Trinajstić information content (AvgIpc) is 3.13. The molecule has 1 aromatic carbocycles. The van der Waals surface area contributed by atoms with Gasteiger partial charge in [-0.3, -0.25) is 4.99 Å². The van der Waals surface area contributed by atoms with Gasteiger partial charge in [-0.05, 0) is 25.0 Å². The molecule has 0 bridgehead atoms. The lowest BCUT2D eigenvalue weighted by Gasteiger charge is -2.14. The number of aromatic nitrogens is 1. The molecule has 0 amide bonds. The third-order valence-corrected chi connectivity index (χ3v) is 4.36.